The highest BCUT2D eigenvalue weighted by atomic mass is 35.5. The SMILES string of the molecule is CC(C)(C)CN1CCN(CC(=O)NCCCCOCc2cn(C[C@@H]3CC[C@@H]4[C@@H](C3)c3c(O)cc(C(C)(C)CCCCCCCl)cc3OC4(C)C)nn2)CCN(CC(=O)OC(C)(C)C)CCN(CC(=O)OC(C)(C)C)CC1.O=C=O. The van der Waals surface area contributed by atoms with Gasteiger partial charge in [0, 0.05) is 96.0 Å². The fraction of sp³-hybridized carbons (Fsp3) is 0.800. The lowest BCUT2D eigenvalue weighted by Crippen LogP contribution is -2.50. The zero-order chi connectivity index (χ0) is 58.6. The molecule has 3 heterocycles. The standard InChI is InChI=1S/C59H101ClN8O8.CO2/c1-55(2,3)43-67-31-29-64(25-26-65(40-52(71)75-56(4,5)6)27-28-66(30-32-67)41-53(72)76-57(7,8)9)39-51(70)61-24-18-19-33-73-42-46-38-68(63-62-46)37-44-20-21-48-47(34-44)54-49(69)35-45(36-50(54)74-59(48,12)13)58(10,11)22-16-14-15-17-23-60;2-1-3/h35-36,38,44,47-48,69H,14-34,37,39-43H2,1-13H3,(H,61,70);/t44-,47-,48-;/m1./s1. The molecule has 0 bridgehead atoms. The van der Waals surface area contributed by atoms with E-state index < -0.39 is 11.2 Å². The Hall–Kier alpha value is -4.16. The average molecular weight is 1130 g/mol. The number of hydrogen-bond acceptors (Lipinski definition) is 16. The van der Waals surface area contributed by atoms with Crippen LogP contribution < -0.4 is 10.1 Å². The number of nitrogens with one attached hydrogen (secondary N) is 1. The van der Waals surface area contributed by atoms with E-state index in [0.717, 1.165) is 113 Å². The molecule has 3 atom stereocenters. The normalized spacial score (nSPS) is 20.2. The van der Waals surface area contributed by atoms with Gasteiger partial charge in [-0.3, -0.25) is 33.8 Å². The highest BCUT2D eigenvalue weighted by molar-refractivity contribution is 6.17. The van der Waals surface area contributed by atoms with Gasteiger partial charge in [0.05, 0.1) is 32.4 Å². The van der Waals surface area contributed by atoms with Gasteiger partial charge in [-0.15, -0.1) is 16.7 Å². The largest absolute Gasteiger partial charge is 0.508 e. The molecule has 0 unspecified atom stereocenters. The van der Waals surface area contributed by atoms with Crippen molar-refractivity contribution in [2.75, 3.05) is 97.6 Å². The average Bonchev–Trinajstić information content (AvgIpc) is 3.92. The number of fused-ring (bicyclic) bond motifs is 3. The molecule has 1 saturated carbocycles. The predicted molar refractivity (Wildman–Crippen MR) is 307 cm³/mol. The van der Waals surface area contributed by atoms with Gasteiger partial charge in [0.15, 0.2) is 0 Å². The summed E-state index contributed by atoms with van der Waals surface area (Å²) < 4.78 is 26.1. The molecule has 448 valence electrons. The third-order valence-electron chi connectivity index (χ3n) is 15.0. The number of halogens is 1. The number of carbonyl (C=O) groups excluding carboxylic acids is 5. The van der Waals surface area contributed by atoms with Crippen molar-refractivity contribution in [1.82, 2.24) is 39.9 Å². The Bertz CT molecular complexity index is 2230. The summed E-state index contributed by atoms with van der Waals surface area (Å²) >= 11 is 5.91. The molecule has 2 N–H and O–H groups in total. The molecule has 0 radical (unpaired) electrons. The van der Waals surface area contributed by atoms with Crippen LogP contribution in [0, 0.1) is 17.3 Å². The molecule has 2 aromatic rings. The Labute approximate surface area is 478 Å². The molecule has 1 aromatic heterocycles. The first-order valence-electron chi connectivity index (χ1n) is 29.2. The van der Waals surface area contributed by atoms with Crippen LogP contribution in [0.4, 0.5) is 0 Å². The van der Waals surface area contributed by atoms with Crippen LogP contribution in [0.3, 0.4) is 0 Å². The quantitative estimate of drug-likeness (QED) is 0.0609. The maximum absolute atomic E-state index is 13.5. The maximum Gasteiger partial charge on any atom is 0.373 e. The molecular weight excluding hydrogens is 1030 g/mol. The molecule has 0 spiro atoms. The topological polar surface area (TPSA) is 198 Å². The summed E-state index contributed by atoms with van der Waals surface area (Å²) in [5.41, 5.74) is 1.33. The molecule has 5 rings (SSSR count). The van der Waals surface area contributed by atoms with Gasteiger partial charge in [-0.25, -0.2) is 0 Å². The minimum Gasteiger partial charge on any atom is -0.508 e. The van der Waals surface area contributed by atoms with E-state index in [1.54, 1.807) is 0 Å². The predicted octanol–water partition coefficient (Wildman–Crippen LogP) is 8.60. The number of benzene rings is 1. The number of phenolic OH excluding ortho intramolecular Hbond substituents is 1. The first-order chi connectivity index (χ1) is 37.0. The molecule has 1 aliphatic carbocycles. The van der Waals surface area contributed by atoms with Crippen LogP contribution in [0.1, 0.15) is 177 Å². The van der Waals surface area contributed by atoms with Gasteiger partial charge in [0.1, 0.15) is 34.0 Å². The second-order valence-corrected chi connectivity index (χ2v) is 27.1. The maximum atomic E-state index is 13.5. The molecular formula is C60H101ClN8O10. The Morgan fingerprint density at radius 2 is 1.33 bits per heavy atom. The third kappa shape index (κ3) is 24.8. The minimum atomic E-state index is -0.610. The van der Waals surface area contributed by atoms with E-state index in [-0.39, 0.29) is 66.0 Å². The number of carbonyl (C=O) groups is 3. The number of esters is 2. The summed E-state index contributed by atoms with van der Waals surface area (Å²) in [6.45, 7) is 35.6. The molecule has 19 heteroatoms. The highest BCUT2D eigenvalue weighted by Crippen LogP contribution is 2.56. The van der Waals surface area contributed by atoms with Gasteiger partial charge in [-0.2, -0.15) is 9.59 Å². The Morgan fingerprint density at radius 1 is 0.772 bits per heavy atom. The van der Waals surface area contributed by atoms with Crippen molar-refractivity contribution < 1.29 is 48.0 Å². The lowest BCUT2D eigenvalue weighted by Gasteiger charge is -2.49. The molecule has 1 aromatic carbocycles. The summed E-state index contributed by atoms with van der Waals surface area (Å²) in [7, 11) is 0. The van der Waals surface area contributed by atoms with Gasteiger partial charge < -0.3 is 34.3 Å². The molecule has 18 nitrogen and oxygen atoms in total. The van der Waals surface area contributed by atoms with Crippen LogP contribution in [0.5, 0.6) is 11.5 Å². The van der Waals surface area contributed by atoms with Gasteiger partial charge in [0.2, 0.25) is 5.91 Å². The molecule has 1 saturated heterocycles. The van der Waals surface area contributed by atoms with Crippen LogP contribution in [0.2, 0.25) is 0 Å². The van der Waals surface area contributed by atoms with Crippen LogP contribution in [0.15, 0.2) is 18.3 Å². The second kappa shape index (κ2) is 31.3. The second-order valence-electron chi connectivity index (χ2n) is 26.7. The van der Waals surface area contributed by atoms with Crippen molar-refractivity contribution in [1.29, 1.82) is 0 Å². The Morgan fingerprint density at radius 3 is 1.89 bits per heavy atom. The minimum absolute atomic E-state index is 0.0295. The smallest absolute Gasteiger partial charge is 0.373 e. The monoisotopic (exact) mass is 1130 g/mol. The van der Waals surface area contributed by atoms with Gasteiger partial charge in [-0.05, 0) is 141 Å². The number of aromatic nitrogens is 3. The lowest BCUT2D eigenvalue weighted by molar-refractivity contribution is -0.191. The first-order valence-corrected chi connectivity index (χ1v) is 29.7. The summed E-state index contributed by atoms with van der Waals surface area (Å²) in [5, 5.41) is 23.7. The van der Waals surface area contributed by atoms with Crippen LogP contribution >= 0.6 is 11.6 Å². The van der Waals surface area contributed by atoms with E-state index in [0.29, 0.717) is 82.5 Å². The Balaban J connectivity index is 0.00000438. The lowest BCUT2D eigenvalue weighted by atomic mass is 9.63. The number of nitrogens with zero attached hydrogens (tertiary/aromatic N) is 7. The summed E-state index contributed by atoms with van der Waals surface area (Å²) in [4.78, 5) is 64.6. The number of rotatable bonds is 23. The van der Waals surface area contributed by atoms with E-state index in [1.807, 2.05) is 58.5 Å². The van der Waals surface area contributed by atoms with Crippen LogP contribution in [0.25, 0.3) is 0 Å². The van der Waals surface area contributed by atoms with E-state index in [2.05, 4.69) is 89.8 Å². The summed E-state index contributed by atoms with van der Waals surface area (Å²) in [6.07, 6.45) is 12.4. The molecule has 3 aliphatic rings. The van der Waals surface area contributed by atoms with Crippen molar-refractivity contribution in [3.05, 3.63) is 35.2 Å². The number of unbranched alkanes of at least 4 members (excludes halogenated alkanes) is 4. The van der Waals surface area contributed by atoms with Crippen molar-refractivity contribution in [3.8, 4) is 11.5 Å². The summed E-state index contributed by atoms with van der Waals surface area (Å²) in [5.74, 6) is 2.22. The van der Waals surface area contributed by atoms with Gasteiger partial charge in [-0.1, -0.05) is 59.1 Å². The molecule has 1 amide bonds. The number of hydrogen-bond donors (Lipinski definition) is 2. The van der Waals surface area contributed by atoms with Crippen molar-refractivity contribution in [2.24, 2.45) is 17.3 Å². The number of phenols is 1. The van der Waals surface area contributed by atoms with E-state index >= 15 is 0 Å². The van der Waals surface area contributed by atoms with Crippen LogP contribution in [-0.4, -0.2) is 178 Å². The zero-order valence-electron chi connectivity index (χ0n) is 50.7. The molecule has 2 aliphatic heterocycles. The Kier molecular flexibility index (Phi) is 26.7. The highest BCUT2D eigenvalue weighted by Gasteiger charge is 2.48. The van der Waals surface area contributed by atoms with Crippen molar-refractivity contribution in [2.45, 2.75) is 196 Å². The zero-order valence-corrected chi connectivity index (χ0v) is 51.4. The third-order valence-corrected chi connectivity index (χ3v) is 15.3. The molecule has 2 fully saturated rings. The fourth-order valence-electron chi connectivity index (χ4n) is 11.3. The number of amides is 1. The van der Waals surface area contributed by atoms with Gasteiger partial charge >= 0.3 is 18.1 Å². The van der Waals surface area contributed by atoms with E-state index in [1.165, 1.54) is 0 Å². The number of aromatic hydroxyl groups is 1. The van der Waals surface area contributed by atoms with E-state index in [4.69, 9.17) is 40.1 Å². The fourth-order valence-corrected chi connectivity index (χ4v) is 11.5. The van der Waals surface area contributed by atoms with E-state index in [9.17, 15) is 19.5 Å². The number of ether oxygens (including phenoxy) is 4. The van der Waals surface area contributed by atoms with Crippen molar-refractivity contribution in [3.63, 3.8) is 0 Å². The summed E-state index contributed by atoms with van der Waals surface area (Å²) in [6, 6.07) is 4.21. The van der Waals surface area contributed by atoms with Crippen molar-refractivity contribution >= 4 is 35.6 Å². The molecule has 79 heavy (non-hydrogen) atoms. The van der Waals surface area contributed by atoms with Crippen LogP contribution in [-0.2, 0) is 56.7 Å². The van der Waals surface area contributed by atoms with Gasteiger partial charge in [0.25, 0.3) is 0 Å². The first kappa shape index (κ1) is 67.3. The number of alkyl halides is 1.